The molecule has 0 aromatic carbocycles. The van der Waals surface area contributed by atoms with Crippen molar-refractivity contribution < 1.29 is 27.4 Å². The Morgan fingerprint density at radius 1 is 1.26 bits per heavy atom. The zero-order valence-electron chi connectivity index (χ0n) is 19.6. The van der Waals surface area contributed by atoms with Gasteiger partial charge in [0.25, 0.3) is 0 Å². The summed E-state index contributed by atoms with van der Waals surface area (Å²) in [5, 5.41) is 3.59. The Hall–Kier alpha value is -1.98. The lowest BCUT2D eigenvalue weighted by atomic mass is 9.84. The van der Waals surface area contributed by atoms with Gasteiger partial charge in [-0.3, -0.25) is 10.1 Å². The summed E-state index contributed by atoms with van der Waals surface area (Å²) in [5.74, 6) is 0.114. The van der Waals surface area contributed by atoms with Crippen LogP contribution in [0, 0.1) is 5.41 Å². The smallest absolute Gasteiger partial charge is 0.381 e. The molecule has 1 aromatic rings. The van der Waals surface area contributed by atoms with E-state index >= 15 is 0 Å². The number of ether oxygens (including phenoxy) is 2. The van der Waals surface area contributed by atoms with Gasteiger partial charge in [-0.25, -0.2) is 9.97 Å². The summed E-state index contributed by atoms with van der Waals surface area (Å²) in [4.78, 5) is 24.9. The minimum Gasteiger partial charge on any atom is -0.381 e. The van der Waals surface area contributed by atoms with Gasteiger partial charge in [-0.1, -0.05) is 0 Å². The number of nitrogens with zero attached hydrogens (tertiary/aromatic N) is 4. The van der Waals surface area contributed by atoms with Crippen molar-refractivity contribution in [2.24, 2.45) is 5.41 Å². The van der Waals surface area contributed by atoms with Crippen molar-refractivity contribution in [3.05, 3.63) is 18.0 Å². The van der Waals surface area contributed by atoms with E-state index in [4.69, 9.17) is 9.47 Å². The lowest BCUT2D eigenvalue weighted by molar-refractivity contribution is -0.146. The average Bonchev–Trinajstić information content (AvgIpc) is 3.26. The molecule has 2 aliphatic heterocycles. The van der Waals surface area contributed by atoms with Gasteiger partial charge in [-0.2, -0.15) is 13.2 Å². The van der Waals surface area contributed by atoms with Crippen LogP contribution in [0.3, 0.4) is 0 Å². The van der Waals surface area contributed by atoms with Crippen molar-refractivity contribution >= 4 is 11.9 Å². The highest BCUT2D eigenvalue weighted by molar-refractivity contribution is 5.83. The molecule has 0 bridgehead atoms. The summed E-state index contributed by atoms with van der Waals surface area (Å²) in [5.41, 5.74) is -1.55. The van der Waals surface area contributed by atoms with Crippen molar-refractivity contribution in [1.29, 1.82) is 0 Å². The van der Waals surface area contributed by atoms with E-state index in [9.17, 15) is 18.0 Å². The second-order valence-corrected chi connectivity index (χ2v) is 9.40. The molecule has 1 N–H and O–H groups in total. The number of anilines is 1. The first-order valence-corrected chi connectivity index (χ1v) is 12.2. The number of carbonyl (C=O) groups excluding carboxylic acids is 1. The maximum Gasteiger partial charge on any atom is 0.433 e. The van der Waals surface area contributed by atoms with Crippen molar-refractivity contribution in [1.82, 2.24) is 20.2 Å². The molecule has 3 fully saturated rings. The molecular formula is C23H34F3N5O3. The quantitative estimate of drug-likeness (QED) is 0.636. The van der Waals surface area contributed by atoms with Crippen LogP contribution in [0.25, 0.3) is 0 Å². The molecule has 2 saturated heterocycles. The van der Waals surface area contributed by atoms with Gasteiger partial charge >= 0.3 is 6.18 Å². The van der Waals surface area contributed by atoms with Crippen LogP contribution in [-0.4, -0.2) is 79.0 Å². The first-order chi connectivity index (χ1) is 16.3. The fourth-order valence-corrected chi connectivity index (χ4v) is 5.19. The third kappa shape index (κ3) is 5.80. The predicted molar refractivity (Wildman–Crippen MR) is 119 cm³/mol. The zero-order chi connectivity index (χ0) is 24.2. The highest BCUT2D eigenvalue weighted by Gasteiger charge is 2.48. The summed E-state index contributed by atoms with van der Waals surface area (Å²) < 4.78 is 50.6. The Labute approximate surface area is 198 Å². The first-order valence-electron chi connectivity index (χ1n) is 12.2. The highest BCUT2D eigenvalue weighted by atomic mass is 19.4. The number of hydrogen-bond acceptors (Lipinski definition) is 7. The Balaban J connectivity index is 1.37. The largest absolute Gasteiger partial charge is 0.433 e. The van der Waals surface area contributed by atoms with Crippen LogP contribution in [-0.2, 0) is 20.4 Å². The topological polar surface area (TPSA) is 79.8 Å². The number of hydrogen-bond donors (Lipinski definition) is 1. The van der Waals surface area contributed by atoms with Crippen LogP contribution in [0.2, 0.25) is 0 Å². The lowest BCUT2D eigenvalue weighted by Gasteiger charge is -2.40. The normalized spacial score (nSPS) is 28.4. The van der Waals surface area contributed by atoms with Crippen molar-refractivity contribution in [3.63, 3.8) is 0 Å². The fourth-order valence-electron chi connectivity index (χ4n) is 5.19. The van der Waals surface area contributed by atoms with E-state index in [-0.39, 0.29) is 24.1 Å². The molecular weight excluding hydrogens is 451 g/mol. The maximum atomic E-state index is 13.7. The summed E-state index contributed by atoms with van der Waals surface area (Å²) >= 11 is 0. The number of carbonyl (C=O) groups is 1. The molecule has 0 spiro atoms. The molecule has 3 atom stereocenters. The summed E-state index contributed by atoms with van der Waals surface area (Å²) in [7, 11) is 0. The van der Waals surface area contributed by atoms with Gasteiger partial charge in [-0.15, -0.1) is 0 Å². The molecule has 0 unspecified atom stereocenters. The molecule has 3 aliphatic rings. The standard InChI is InChI=1S/C23H34F3N5O3/c1-2-33-16-22(8-6-17(15-22)28-19-5-3-4-14-34-19)20(32)30-10-12-31(13-11-30)21-27-9-7-18(29-21)23(24,25)26/h7,9,17,19,28H,2-6,8,10-16H2,1H3/t17-,19-,22+/m1/s1. The zero-order valence-corrected chi connectivity index (χ0v) is 19.6. The second-order valence-electron chi connectivity index (χ2n) is 9.40. The molecule has 1 saturated carbocycles. The summed E-state index contributed by atoms with van der Waals surface area (Å²) in [6.45, 7) is 5.21. The fraction of sp³-hybridized carbons (Fsp3) is 0.783. The number of aromatic nitrogens is 2. The first kappa shape index (κ1) is 25.1. The van der Waals surface area contributed by atoms with Gasteiger partial charge in [0, 0.05) is 51.6 Å². The third-order valence-corrected chi connectivity index (χ3v) is 7.03. The predicted octanol–water partition coefficient (Wildman–Crippen LogP) is 2.84. The van der Waals surface area contributed by atoms with E-state index in [2.05, 4.69) is 15.3 Å². The van der Waals surface area contributed by atoms with Crippen molar-refractivity contribution in [2.45, 2.75) is 63.9 Å². The van der Waals surface area contributed by atoms with E-state index in [1.807, 2.05) is 11.8 Å². The minimum absolute atomic E-state index is 0.0450. The van der Waals surface area contributed by atoms with E-state index in [0.29, 0.717) is 45.8 Å². The van der Waals surface area contributed by atoms with Crippen LogP contribution in [0.1, 0.15) is 51.1 Å². The van der Waals surface area contributed by atoms with Crippen LogP contribution >= 0.6 is 0 Å². The number of alkyl halides is 3. The lowest BCUT2D eigenvalue weighted by Crippen LogP contribution is -2.54. The van der Waals surface area contributed by atoms with Crippen LogP contribution < -0.4 is 10.2 Å². The monoisotopic (exact) mass is 485 g/mol. The number of nitrogens with one attached hydrogen (secondary N) is 1. The Morgan fingerprint density at radius 3 is 2.74 bits per heavy atom. The number of piperazine rings is 1. The van der Waals surface area contributed by atoms with Gasteiger partial charge in [0.2, 0.25) is 11.9 Å². The SMILES string of the molecule is CCOC[C@]1(C(=O)N2CCN(c3nccc(C(F)(F)F)n3)CC2)CC[C@@H](N[C@H]2CCCCO2)C1. The molecule has 1 amide bonds. The Morgan fingerprint density at radius 2 is 2.06 bits per heavy atom. The number of halogens is 3. The molecule has 1 aromatic heterocycles. The molecule has 190 valence electrons. The van der Waals surface area contributed by atoms with Gasteiger partial charge in [0.15, 0.2) is 0 Å². The van der Waals surface area contributed by atoms with Crippen molar-refractivity contribution in [3.8, 4) is 0 Å². The molecule has 11 heteroatoms. The number of amides is 1. The molecule has 8 nitrogen and oxygen atoms in total. The van der Waals surface area contributed by atoms with E-state index < -0.39 is 17.3 Å². The molecule has 1 aliphatic carbocycles. The Bertz CT molecular complexity index is 828. The second kappa shape index (κ2) is 10.7. The van der Waals surface area contributed by atoms with Gasteiger partial charge in [0.1, 0.15) is 11.9 Å². The van der Waals surface area contributed by atoms with Crippen molar-refractivity contribution in [2.75, 3.05) is 50.9 Å². The minimum atomic E-state index is -4.52. The van der Waals surface area contributed by atoms with E-state index in [1.54, 1.807) is 4.90 Å². The molecule has 3 heterocycles. The molecule has 0 radical (unpaired) electrons. The van der Waals surface area contributed by atoms with Crippen LogP contribution in [0.4, 0.5) is 19.1 Å². The van der Waals surface area contributed by atoms with Gasteiger partial charge in [0.05, 0.1) is 12.0 Å². The van der Waals surface area contributed by atoms with Gasteiger partial charge in [-0.05, 0) is 51.5 Å². The average molecular weight is 486 g/mol. The maximum absolute atomic E-state index is 13.7. The molecule has 4 rings (SSSR count). The van der Waals surface area contributed by atoms with Gasteiger partial charge < -0.3 is 19.3 Å². The van der Waals surface area contributed by atoms with E-state index in [1.165, 1.54) is 0 Å². The van der Waals surface area contributed by atoms with Crippen LogP contribution in [0.15, 0.2) is 12.3 Å². The Kier molecular flexibility index (Phi) is 7.94. The highest BCUT2D eigenvalue weighted by Crippen LogP contribution is 2.41. The summed E-state index contributed by atoms with van der Waals surface area (Å²) in [6.07, 6.45) is 2.21. The van der Waals surface area contributed by atoms with E-state index in [0.717, 1.165) is 51.0 Å². The third-order valence-electron chi connectivity index (χ3n) is 7.03. The van der Waals surface area contributed by atoms with Crippen LogP contribution in [0.5, 0.6) is 0 Å². The summed E-state index contributed by atoms with van der Waals surface area (Å²) in [6, 6.07) is 1.07. The molecule has 34 heavy (non-hydrogen) atoms. The number of rotatable bonds is 7.